The zero-order valence-corrected chi connectivity index (χ0v) is 12.4. The van der Waals surface area contributed by atoms with Crippen LogP contribution in [-0.4, -0.2) is 17.2 Å². The van der Waals surface area contributed by atoms with Gasteiger partial charge in [-0.15, -0.1) is 0 Å². The van der Waals surface area contributed by atoms with E-state index >= 15 is 0 Å². The number of hydrogen-bond acceptors (Lipinski definition) is 2. The zero-order valence-electron chi connectivity index (χ0n) is 11.7. The average molecular weight is 345 g/mol. The molecule has 0 fully saturated rings. The van der Waals surface area contributed by atoms with Crippen LogP contribution in [0.25, 0.3) is 0 Å². The molecule has 0 saturated carbocycles. The Hall–Kier alpha value is -2.21. The van der Waals surface area contributed by atoms with E-state index in [4.69, 9.17) is 16.3 Å². The Morgan fingerprint density at radius 2 is 1.87 bits per heavy atom. The number of benzene rings is 2. The van der Waals surface area contributed by atoms with Crippen molar-refractivity contribution in [2.75, 3.05) is 0 Å². The summed E-state index contributed by atoms with van der Waals surface area (Å²) in [5.41, 5.74) is -0.615. The number of hydrogen-bond donors (Lipinski definition) is 1. The topological polar surface area (TPSA) is 46.5 Å². The highest BCUT2D eigenvalue weighted by Gasteiger charge is 2.31. The molecule has 1 N–H and O–H groups in total. The summed E-state index contributed by atoms with van der Waals surface area (Å²) in [7, 11) is 0. The molecule has 3 nitrogen and oxygen atoms in total. The predicted octanol–water partition coefficient (Wildman–Crippen LogP) is 4.43. The highest BCUT2D eigenvalue weighted by Crippen LogP contribution is 2.30. The van der Waals surface area contributed by atoms with Crippen molar-refractivity contribution in [3.8, 4) is 5.75 Å². The Kier molecular flexibility index (Phi) is 5.15. The summed E-state index contributed by atoms with van der Waals surface area (Å²) in [6, 6.07) is 10.6. The summed E-state index contributed by atoms with van der Waals surface area (Å²) in [5, 5.41) is 9.58. The van der Waals surface area contributed by atoms with Crippen LogP contribution in [0.3, 0.4) is 0 Å². The average Bonchev–Trinajstić information content (AvgIpc) is 2.46. The summed E-state index contributed by atoms with van der Waals surface area (Å²) in [4.78, 5) is 11.3. The van der Waals surface area contributed by atoms with Crippen LogP contribution in [0.4, 0.5) is 13.2 Å². The highest BCUT2D eigenvalue weighted by molar-refractivity contribution is 6.30. The molecule has 2 aromatic rings. The van der Waals surface area contributed by atoms with Gasteiger partial charge in [-0.2, -0.15) is 13.2 Å². The minimum Gasteiger partial charge on any atom is -0.478 e. The lowest BCUT2D eigenvalue weighted by atomic mass is 10.0. The van der Waals surface area contributed by atoms with Crippen LogP contribution in [-0.2, 0) is 17.4 Å². The molecule has 7 heteroatoms. The minimum absolute atomic E-state index is 0.203. The number of carboxylic acid groups (broad SMARTS) is 1. The van der Waals surface area contributed by atoms with E-state index < -0.39 is 23.8 Å². The monoisotopic (exact) mass is 344 g/mol. The number of alkyl halides is 3. The van der Waals surface area contributed by atoms with Gasteiger partial charge in [-0.25, -0.2) is 4.79 Å². The Labute approximate surface area is 135 Å². The molecule has 0 aromatic heterocycles. The van der Waals surface area contributed by atoms with E-state index in [9.17, 15) is 23.1 Å². The maximum Gasteiger partial charge on any atom is 0.416 e. The van der Waals surface area contributed by atoms with Crippen LogP contribution in [0.2, 0.25) is 5.02 Å². The number of rotatable bonds is 5. The number of carbonyl (C=O) groups is 1. The number of carboxylic acids is 1. The molecule has 0 saturated heterocycles. The van der Waals surface area contributed by atoms with Gasteiger partial charge in [-0.3, -0.25) is 0 Å². The van der Waals surface area contributed by atoms with Crippen LogP contribution in [0.15, 0.2) is 48.5 Å². The molecule has 122 valence electrons. The molecule has 2 rings (SSSR count). The first-order valence-electron chi connectivity index (χ1n) is 6.57. The van der Waals surface area contributed by atoms with Crippen molar-refractivity contribution < 1.29 is 27.8 Å². The van der Waals surface area contributed by atoms with E-state index in [1.54, 1.807) is 12.1 Å². The number of ether oxygens (including phenoxy) is 1. The quantitative estimate of drug-likeness (QED) is 0.872. The van der Waals surface area contributed by atoms with E-state index in [1.165, 1.54) is 24.3 Å². The number of aliphatic carboxylic acids is 1. The fourth-order valence-corrected chi connectivity index (χ4v) is 2.15. The predicted molar refractivity (Wildman–Crippen MR) is 78.7 cm³/mol. The SMILES string of the molecule is O=C(O)[C@@H](Cc1cccc(C(F)(F)F)c1)Oc1cccc(Cl)c1. The largest absolute Gasteiger partial charge is 0.478 e. The van der Waals surface area contributed by atoms with Crippen molar-refractivity contribution >= 4 is 17.6 Å². The van der Waals surface area contributed by atoms with Crippen LogP contribution < -0.4 is 4.74 Å². The van der Waals surface area contributed by atoms with Crippen LogP contribution in [0.5, 0.6) is 5.75 Å². The van der Waals surface area contributed by atoms with Gasteiger partial charge in [-0.1, -0.05) is 35.9 Å². The van der Waals surface area contributed by atoms with E-state index in [0.29, 0.717) is 5.02 Å². The summed E-state index contributed by atoms with van der Waals surface area (Å²) >= 11 is 5.79. The molecule has 0 aliphatic rings. The maximum absolute atomic E-state index is 12.7. The smallest absolute Gasteiger partial charge is 0.416 e. The molecule has 0 radical (unpaired) electrons. The molecule has 23 heavy (non-hydrogen) atoms. The third kappa shape index (κ3) is 4.89. The Morgan fingerprint density at radius 1 is 1.17 bits per heavy atom. The molecule has 0 aliphatic carbocycles. The van der Waals surface area contributed by atoms with Crippen molar-refractivity contribution in [2.24, 2.45) is 0 Å². The summed E-state index contributed by atoms with van der Waals surface area (Å²) in [5.74, 6) is -1.04. The van der Waals surface area contributed by atoms with E-state index in [2.05, 4.69) is 0 Å². The molecular weight excluding hydrogens is 333 g/mol. The molecule has 0 heterocycles. The second kappa shape index (κ2) is 6.91. The lowest BCUT2D eigenvalue weighted by Crippen LogP contribution is -2.29. The highest BCUT2D eigenvalue weighted by atomic mass is 35.5. The lowest BCUT2D eigenvalue weighted by molar-refractivity contribution is -0.145. The standard InChI is InChI=1S/C16H12ClF3O3/c17-12-5-2-6-13(9-12)23-14(15(21)22)8-10-3-1-4-11(7-10)16(18,19)20/h1-7,9,14H,8H2,(H,21,22)/t14-/m1/s1. The third-order valence-electron chi connectivity index (χ3n) is 3.03. The number of halogens is 4. The second-order valence-electron chi connectivity index (χ2n) is 4.80. The Morgan fingerprint density at radius 3 is 2.48 bits per heavy atom. The molecular formula is C16H12ClF3O3. The summed E-state index contributed by atoms with van der Waals surface area (Å²) in [6.45, 7) is 0. The van der Waals surface area contributed by atoms with Crippen molar-refractivity contribution in [2.45, 2.75) is 18.7 Å². The molecule has 0 bridgehead atoms. The molecule has 2 aromatic carbocycles. The van der Waals surface area contributed by atoms with Gasteiger partial charge >= 0.3 is 12.1 Å². The van der Waals surface area contributed by atoms with Crippen LogP contribution >= 0.6 is 11.6 Å². The Bertz CT molecular complexity index is 701. The zero-order chi connectivity index (χ0) is 17.0. The van der Waals surface area contributed by atoms with Gasteiger partial charge in [0.2, 0.25) is 0 Å². The molecule has 0 unspecified atom stereocenters. The van der Waals surface area contributed by atoms with Crippen molar-refractivity contribution in [1.82, 2.24) is 0 Å². The van der Waals surface area contributed by atoms with Crippen molar-refractivity contribution in [3.63, 3.8) is 0 Å². The van der Waals surface area contributed by atoms with Crippen LogP contribution in [0.1, 0.15) is 11.1 Å². The molecule has 0 aliphatic heterocycles. The first-order valence-corrected chi connectivity index (χ1v) is 6.94. The van der Waals surface area contributed by atoms with Gasteiger partial charge in [-0.05, 0) is 29.8 Å². The normalized spacial score (nSPS) is 12.7. The van der Waals surface area contributed by atoms with Gasteiger partial charge in [0.1, 0.15) is 5.75 Å². The Balaban J connectivity index is 2.18. The first kappa shape index (κ1) is 17.1. The van der Waals surface area contributed by atoms with Gasteiger partial charge in [0, 0.05) is 11.4 Å². The van der Waals surface area contributed by atoms with E-state index in [-0.39, 0.29) is 17.7 Å². The van der Waals surface area contributed by atoms with E-state index in [1.807, 2.05) is 0 Å². The van der Waals surface area contributed by atoms with Gasteiger partial charge in [0.15, 0.2) is 6.10 Å². The summed E-state index contributed by atoms with van der Waals surface area (Å²) < 4.78 is 43.4. The van der Waals surface area contributed by atoms with Crippen molar-refractivity contribution in [1.29, 1.82) is 0 Å². The first-order chi connectivity index (χ1) is 10.8. The molecule has 1 atom stereocenters. The third-order valence-corrected chi connectivity index (χ3v) is 3.26. The van der Waals surface area contributed by atoms with Crippen molar-refractivity contribution in [3.05, 3.63) is 64.7 Å². The molecule has 0 amide bonds. The van der Waals surface area contributed by atoms with Crippen LogP contribution in [0, 0.1) is 0 Å². The van der Waals surface area contributed by atoms with Gasteiger partial charge < -0.3 is 9.84 Å². The minimum atomic E-state index is -4.48. The molecule has 0 spiro atoms. The fraction of sp³-hybridized carbons (Fsp3) is 0.188. The van der Waals surface area contributed by atoms with Gasteiger partial charge in [0.25, 0.3) is 0 Å². The maximum atomic E-state index is 12.7. The lowest BCUT2D eigenvalue weighted by Gasteiger charge is -2.16. The second-order valence-corrected chi connectivity index (χ2v) is 5.24. The fourth-order valence-electron chi connectivity index (χ4n) is 1.97. The van der Waals surface area contributed by atoms with Gasteiger partial charge in [0.05, 0.1) is 5.56 Å². The van der Waals surface area contributed by atoms with E-state index in [0.717, 1.165) is 12.1 Å². The summed E-state index contributed by atoms with van der Waals surface area (Å²) in [6.07, 6.45) is -6.01.